The first kappa shape index (κ1) is 31.6. The van der Waals surface area contributed by atoms with Crippen molar-refractivity contribution < 1.29 is 23.4 Å². The fourth-order valence-electron chi connectivity index (χ4n) is 7.01. The van der Waals surface area contributed by atoms with Crippen LogP contribution in [0.25, 0.3) is 78.7 Å². The summed E-state index contributed by atoms with van der Waals surface area (Å²) in [5.41, 5.74) is 10.5. The van der Waals surface area contributed by atoms with Gasteiger partial charge in [-0.1, -0.05) is 146 Å². The second kappa shape index (κ2) is 13.8. The van der Waals surface area contributed by atoms with Crippen LogP contribution in [0.3, 0.4) is 0 Å². The molecule has 2 unspecified atom stereocenters. The molecule has 9 rings (SSSR count). The summed E-state index contributed by atoms with van der Waals surface area (Å²) in [5.74, 6) is 0. The molecule has 2 atom stereocenters. The van der Waals surface area contributed by atoms with Gasteiger partial charge in [0, 0.05) is 6.29 Å². The molecule has 3 aromatic heterocycles. The maximum Gasteiger partial charge on any atom is 2.00 e. The van der Waals surface area contributed by atoms with Crippen LogP contribution in [0.2, 0.25) is 0 Å². The molecule has 0 amide bonds. The van der Waals surface area contributed by atoms with Gasteiger partial charge in [-0.05, 0) is 56.7 Å². The summed E-state index contributed by atoms with van der Waals surface area (Å²) in [5, 5.41) is 13.0. The van der Waals surface area contributed by atoms with Gasteiger partial charge in [0.1, 0.15) is 5.69 Å². The minimum atomic E-state index is -1.45. The van der Waals surface area contributed by atoms with Crippen LogP contribution in [0.1, 0.15) is 30.2 Å². The second-order valence-corrected chi connectivity index (χ2v) is 12.4. The van der Waals surface area contributed by atoms with E-state index in [-0.39, 0.29) is 28.5 Å². The summed E-state index contributed by atoms with van der Waals surface area (Å²) in [6, 6.07) is 45.3. The van der Waals surface area contributed by atoms with Crippen molar-refractivity contribution in [2.24, 2.45) is 0 Å². The van der Waals surface area contributed by atoms with Crippen LogP contribution in [0.15, 0.2) is 146 Å². The number of fused-ring (bicyclic) bond motifs is 8. The average Bonchev–Trinajstić information content (AvgIpc) is 4.00. The van der Waals surface area contributed by atoms with E-state index in [0.717, 1.165) is 44.8 Å². The summed E-state index contributed by atoms with van der Waals surface area (Å²) >= 11 is 0. The number of nitrogens with zero attached hydrogens (tertiary/aromatic N) is 5. The predicted molar refractivity (Wildman–Crippen MR) is 203 cm³/mol. The van der Waals surface area contributed by atoms with Crippen LogP contribution in [0.5, 0.6) is 0 Å². The van der Waals surface area contributed by atoms with Gasteiger partial charge in [-0.2, -0.15) is 0 Å². The zero-order chi connectivity index (χ0) is 35.2. The first-order valence-corrected chi connectivity index (χ1v) is 16.7. The molecule has 5 heterocycles. The van der Waals surface area contributed by atoms with Crippen LogP contribution in [-0.2, 0) is 23.5 Å². The molecule has 0 saturated carbocycles. The summed E-state index contributed by atoms with van der Waals surface area (Å²) < 4.78 is 9.46. The van der Waals surface area contributed by atoms with Crippen molar-refractivity contribution in [3.8, 4) is 44.5 Å². The fraction of sp³-hybridized carbons (Fsp3) is 0.0455. The molecule has 52 heavy (non-hydrogen) atoms. The third-order valence-corrected chi connectivity index (χ3v) is 9.28. The number of benzene rings is 4. The van der Waals surface area contributed by atoms with E-state index in [2.05, 4.69) is 0 Å². The van der Waals surface area contributed by atoms with E-state index in [0.29, 0.717) is 33.2 Å². The van der Waals surface area contributed by atoms with Crippen molar-refractivity contribution in [2.75, 3.05) is 0 Å². The molecular weight excluding hydrogens is 694 g/mol. The molecule has 8 bridgehead atoms. The Hall–Kier alpha value is -6.34. The average molecular weight is 724 g/mol. The Kier molecular flexibility index (Phi) is 8.37. The van der Waals surface area contributed by atoms with E-state index in [1.807, 2.05) is 158 Å². The molecule has 0 saturated heterocycles. The van der Waals surface area contributed by atoms with Gasteiger partial charge in [-0.3, -0.25) is 10.1 Å². The van der Waals surface area contributed by atoms with E-state index >= 15 is 0 Å². The fourth-order valence-corrected chi connectivity index (χ4v) is 7.01. The molecule has 0 fully saturated rings. The van der Waals surface area contributed by atoms with Gasteiger partial charge in [0.15, 0.2) is 0 Å². The van der Waals surface area contributed by atoms with Gasteiger partial charge in [0.2, 0.25) is 0 Å². The summed E-state index contributed by atoms with van der Waals surface area (Å²) in [6.45, 7) is 0. The zero-order valence-electron chi connectivity index (χ0n) is 28.5. The first-order chi connectivity index (χ1) is 25.5. The Labute approximate surface area is 311 Å². The number of rotatable bonds is 5. The molecule has 253 valence electrons. The van der Waals surface area contributed by atoms with Crippen LogP contribution >= 0.6 is 0 Å². The monoisotopic (exact) mass is 723 g/mol. The van der Waals surface area contributed by atoms with E-state index in [1.54, 1.807) is 0 Å². The SMILES string of the molecule is [2H]C1c2nc(c(-c3ccccc3)c3ccc([n-]3)c(-c3ccccc3)c3nc(c(-c4ccccc4)c4ccc([n-]4)c2-c2ccccc2)C=C3)C1[N+](=O)[O-].[Cu+2]. The van der Waals surface area contributed by atoms with Crippen molar-refractivity contribution in [2.45, 2.75) is 12.4 Å². The molecule has 0 spiro atoms. The molecule has 2 aliphatic rings. The van der Waals surface area contributed by atoms with E-state index in [4.69, 9.17) is 19.9 Å². The number of aromatic nitrogens is 4. The summed E-state index contributed by atoms with van der Waals surface area (Å²) in [7, 11) is 0. The van der Waals surface area contributed by atoms with Gasteiger partial charge in [-0.15, -0.1) is 22.1 Å². The minimum absolute atomic E-state index is 0. The van der Waals surface area contributed by atoms with Crippen molar-refractivity contribution in [3.05, 3.63) is 178 Å². The van der Waals surface area contributed by atoms with Crippen LogP contribution in [-0.4, -0.2) is 14.9 Å². The molecule has 8 heteroatoms. The zero-order valence-corrected chi connectivity index (χ0v) is 28.5. The quantitative estimate of drug-likeness (QED) is 0.0996. The Morgan fingerprint density at radius 3 is 1.33 bits per heavy atom. The van der Waals surface area contributed by atoms with Crippen LogP contribution in [0, 0.1) is 10.1 Å². The molecule has 2 aliphatic heterocycles. The second-order valence-electron chi connectivity index (χ2n) is 12.4. The number of hydrogen-bond acceptors (Lipinski definition) is 4. The Morgan fingerprint density at radius 1 is 0.538 bits per heavy atom. The molecule has 7 aromatic rings. The molecule has 1 radical (unpaired) electrons. The maximum atomic E-state index is 13.0. The smallest absolute Gasteiger partial charge is 0.657 e. The molecule has 0 N–H and O–H groups in total. The van der Waals surface area contributed by atoms with Gasteiger partial charge in [-0.25, -0.2) is 9.97 Å². The Balaban J connectivity index is 0.00000400. The van der Waals surface area contributed by atoms with Crippen LogP contribution < -0.4 is 9.97 Å². The Morgan fingerprint density at radius 2 is 0.904 bits per heavy atom. The summed E-state index contributed by atoms with van der Waals surface area (Å²) in [4.78, 5) is 33.3. The molecule has 4 aromatic carbocycles. The predicted octanol–water partition coefficient (Wildman–Crippen LogP) is 9.97. The largest absolute Gasteiger partial charge is 2.00 e. The topological polar surface area (TPSA) is 97.1 Å². The van der Waals surface area contributed by atoms with Crippen molar-refractivity contribution in [3.63, 3.8) is 0 Å². The third-order valence-electron chi connectivity index (χ3n) is 9.28. The van der Waals surface area contributed by atoms with Gasteiger partial charge >= 0.3 is 17.1 Å². The Bertz CT molecular complexity index is 2680. The van der Waals surface area contributed by atoms with Gasteiger partial charge < -0.3 is 9.97 Å². The molecule has 0 aliphatic carbocycles. The van der Waals surface area contributed by atoms with E-state index in [1.165, 1.54) is 0 Å². The molecule has 7 nitrogen and oxygen atoms in total. The van der Waals surface area contributed by atoms with Crippen molar-refractivity contribution in [1.29, 1.82) is 0 Å². The van der Waals surface area contributed by atoms with E-state index < -0.39 is 17.4 Å². The number of nitro groups is 1. The number of hydrogen-bond donors (Lipinski definition) is 0. The van der Waals surface area contributed by atoms with Gasteiger partial charge in [0.05, 0.1) is 23.5 Å². The standard InChI is InChI=1S/C44H29N5O2.Cu/c50-49(51)39-27-38-42(30-17-9-3-10-18-30)36-24-23-34(46-36)40(28-13-5-1-6-14-28)32-21-22-33(45-32)41(29-15-7-2-8-16-29)35-25-26-37(47-35)43(44(39)48-38)31-19-11-4-12-20-31;/h1-26,39H,27H2;/q-2;+2/i27D;. The van der Waals surface area contributed by atoms with Crippen LogP contribution in [0.4, 0.5) is 0 Å². The van der Waals surface area contributed by atoms with Crippen molar-refractivity contribution in [1.82, 2.24) is 19.9 Å². The maximum absolute atomic E-state index is 13.0. The molecular formula is C44H29CuN5O2. The first-order valence-electron chi connectivity index (χ1n) is 17.3. The third kappa shape index (κ3) is 5.84. The minimum Gasteiger partial charge on any atom is -0.657 e. The van der Waals surface area contributed by atoms with E-state index in [9.17, 15) is 11.5 Å². The van der Waals surface area contributed by atoms with Crippen molar-refractivity contribution >= 4 is 34.2 Å². The van der Waals surface area contributed by atoms with Gasteiger partial charge in [0.25, 0.3) is 6.04 Å². The summed E-state index contributed by atoms with van der Waals surface area (Å²) in [6.07, 6.45) is 2.71. The normalized spacial score (nSPS) is 15.1.